The molecule has 24 heavy (non-hydrogen) atoms. The van der Waals surface area contributed by atoms with Crippen molar-refractivity contribution >= 4 is 17.5 Å². The third-order valence-electron chi connectivity index (χ3n) is 3.94. The second-order valence-corrected chi connectivity index (χ2v) is 5.77. The summed E-state index contributed by atoms with van der Waals surface area (Å²) in [7, 11) is 0. The lowest BCUT2D eigenvalue weighted by Gasteiger charge is -2.13. The van der Waals surface area contributed by atoms with Gasteiger partial charge in [0, 0.05) is 12.2 Å². The van der Waals surface area contributed by atoms with Crippen LogP contribution in [0.2, 0.25) is 0 Å². The van der Waals surface area contributed by atoms with Crippen LogP contribution in [-0.4, -0.2) is 21.7 Å². The second kappa shape index (κ2) is 8.06. The average Bonchev–Trinajstić information content (AvgIpc) is 2.63. The molecular formula is C18H20N6. The lowest BCUT2D eigenvalue weighted by atomic mass is 9.97. The van der Waals surface area contributed by atoms with Crippen LogP contribution in [0.4, 0.5) is 17.5 Å². The Hall–Kier alpha value is -2.94. The molecule has 0 bridgehead atoms. The first kappa shape index (κ1) is 15.9. The number of anilines is 3. The number of nitrogens with one attached hydrogen (secondary N) is 2. The fraction of sp³-hybridized carbons (Fsp3) is 0.333. The highest BCUT2D eigenvalue weighted by molar-refractivity contribution is 5.58. The fourth-order valence-corrected chi connectivity index (χ4v) is 2.72. The molecule has 2 aromatic rings. The Balaban J connectivity index is 1.57. The maximum Gasteiger partial charge on any atom is 0.244 e. The van der Waals surface area contributed by atoms with Crippen LogP contribution in [0.15, 0.2) is 42.1 Å². The summed E-state index contributed by atoms with van der Waals surface area (Å²) in [4.78, 5) is 4.41. The molecule has 0 spiro atoms. The normalized spacial score (nSPS) is 13.7. The fourth-order valence-electron chi connectivity index (χ4n) is 2.72. The summed E-state index contributed by atoms with van der Waals surface area (Å²) >= 11 is 0. The number of nitriles is 1. The van der Waals surface area contributed by atoms with Crippen molar-refractivity contribution in [2.75, 3.05) is 17.2 Å². The average molecular weight is 320 g/mol. The smallest absolute Gasteiger partial charge is 0.244 e. The van der Waals surface area contributed by atoms with Gasteiger partial charge in [-0.3, -0.25) is 0 Å². The predicted octanol–water partition coefficient (Wildman–Crippen LogP) is 3.79. The van der Waals surface area contributed by atoms with E-state index in [2.05, 4.69) is 38.0 Å². The van der Waals surface area contributed by atoms with Crippen LogP contribution in [0, 0.1) is 11.3 Å². The lowest BCUT2D eigenvalue weighted by molar-refractivity contribution is 0.679. The maximum atomic E-state index is 8.95. The van der Waals surface area contributed by atoms with Gasteiger partial charge in [0.2, 0.25) is 5.95 Å². The number of nitrogens with zero attached hydrogens (tertiary/aromatic N) is 4. The van der Waals surface area contributed by atoms with Crippen molar-refractivity contribution in [3.8, 4) is 6.07 Å². The minimum Gasteiger partial charge on any atom is -0.353 e. The van der Waals surface area contributed by atoms with Crippen molar-refractivity contribution in [3.05, 3.63) is 47.7 Å². The van der Waals surface area contributed by atoms with Crippen LogP contribution < -0.4 is 10.6 Å². The summed E-state index contributed by atoms with van der Waals surface area (Å²) in [6.45, 7) is 0.806. The molecule has 1 aliphatic rings. The van der Waals surface area contributed by atoms with Gasteiger partial charge in [0.1, 0.15) is 0 Å². The summed E-state index contributed by atoms with van der Waals surface area (Å²) in [6, 6.07) is 9.35. The van der Waals surface area contributed by atoms with E-state index in [0.717, 1.165) is 18.7 Å². The highest BCUT2D eigenvalue weighted by Gasteiger charge is 2.05. The Labute approximate surface area is 141 Å². The predicted molar refractivity (Wildman–Crippen MR) is 93.9 cm³/mol. The zero-order valence-electron chi connectivity index (χ0n) is 13.5. The Bertz CT molecular complexity index is 762. The van der Waals surface area contributed by atoms with Gasteiger partial charge in [0.05, 0.1) is 17.8 Å². The quantitative estimate of drug-likeness (QED) is 0.788. The van der Waals surface area contributed by atoms with Gasteiger partial charge in [-0.25, -0.2) is 0 Å². The van der Waals surface area contributed by atoms with Crippen molar-refractivity contribution in [2.24, 2.45) is 0 Å². The molecule has 0 saturated heterocycles. The van der Waals surface area contributed by atoms with Crippen LogP contribution in [0.3, 0.4) is 0 Å². The molecular weight excluding hydrogens is 300 g/mol. The molecule has 1 aromatic heterocycles. The zero-order valence-corrected chi connectivity index (χ0v) is 13.5. The number of aromatic nitrogens is 3. The molecule has 0 radical (unpaired) electrons. The van der Waals surface area contributed by atoms with E-state index in [9.17, 15) is 0 Å². The maximum absolute atomic E-state index is 8.95. The molecule has 0 fully saturated rings. The van der Waals surface area contributed by atoms with E-state index in [4.69, 9.17) is 5.26 Å². The van der Waals surface area contributed by atoms with Crippen LogP contribution in [-0.2, 0) is 0 Å². The van der Waals surface area contributed by atoms with Crippen molar-refractivity contribution in [1.82, 2.24) is 15.2 Å². The first-order valence-electron chi connectivity index (χ1n) is 8.22. The van der Waals surface area contributed by atoms with Gasteiger partial charge in [-0.2, -0.15) is 15.3 Å². The van der Waals surface area contributed by atoms with Crippen molar-refractivity contribution in [1.29, 1.82) is 5.26 Å². The minimum atomic E-state index is 0.507. The number of hydrogen-bond donors (Lipinski definition) is 2. The molecule has 0 atom stereocenters. The number of hydrogen-bond acceptors (Lipinski definition) is 6. The molecule has 6 nitrogen and oxygen atoms in total. The first-order valence-corrected chi connectivity index (χ1v) is 8.22. The summed E-state index contributed by atoms with van der Waals surface area (Å²) in [5, 5.41) is 23.3. The van der Waals surface area contributed by atoms with Gasteiger partial charge >= 0.3 is 0 Å². The molecule has 2 N–H and O–H groups in total. The molecule has 122 valence electrons. The molecule has 6 heteroatoms. The summed E-state index contributed by atoms with van der Waals surface area (Å²) < 4.78 is 0. The van der Waals surface area contributed by atoms with Gasteiger partial charge < -0.3 is 10.6 Å². The standard InChI is InChI=1S/C18H20N6/c19-12-15-7-4-8-16(11-15)22-17-13-21-24-18(23-17)20-10-9-14-5-2-1-3-6-14/h4-5,7-8,11,13H,1-3,6,9-10H2,(H2,20,22,23,24). The Kier molecular flexibility index (Phi) is 5.36. The highest BCUT2D eigenvalue weighted by Crippen LogP contribution is 2.20. The zero-order chi connectivity index (χ0) is 16.6. The lowest BCUT2D eigenvalue weighted by Crippen LogP contribution is -2.09. The Morgan fingerprint density at radius 1 is 1.25 bits per heavy atom. The van der Waals surface area contributed by atoms with Gasteiger partial charge in [-0.05, 0) is 50.3 Å². The molecule has 1 heterocycles. The van der Waals surface area contributed by atoms with Crippen LogP contribution in [0.5, 0.6) is 0 Å². The molecule has 1 aromatic carbocycles. The number of allylic oxidation sites excluding steroid dienone is 1. The van der Waals surface area contributed by atoms with E-state index in [1.807, 2.05) is 12.1 Å². The molecule has 0 saturated carbocycles. The second-order valence-electron chi connectivity index (χ2n) is 5.77. The van der Waals surface area contributed by atoms with E-state index < -0.39 is 0 Å². The SMILES string of the molecule is N#Cc1cccc(Nc2cnnc(NCCC3=CCCCC3)n2)c1. The topological polar surface area (TPSA) is 86.5 Å². The summed E-state index contributed by atoms with van der Waals surface area (Å²) in [6.07, 6.45) is 9.95. The van der Waals surface area contributed by atoms with Crippen LogP contribution in [0.25, 0.3) is 0 Å². The monoisotopic (exact) mass is 320 g/mol. The Morgan fingerprint density at radius 2 is 2.21 bits per heavy atom. The van der Waals surface area contributed by atoms with E-state index in [-0.39, 0.29) is 0 Å². The van der Waals surface area contributed by atoms with E-state index in [0.29, 0.717) is 17.3 Å². The van der Waals surface area contributed by atoms with Crippen LogP contribution in [0.1, 0.15) is 37.7 Å². The molecule has 0 amide bonds. The number of rotatable bonds is 6. The van der Waals surface area contributed by atoms with E-state index >= 15 is 0 Å². The van der Waals surface area contributed by atoms with Gasteiger partial charge in [0.15, 0.2) is 5.82 Å². The third-order valence-corrected chi connectivity index (χ3v) is 3.94. The molecule has 0 aliphatic heterocycles. The van der Waals surface area contributed by atoms with Crippen LogP contribution >= 0.6 is 0 Å². The molecule has 0 unspecified atom stereocenters. The third kappa shape index (κ3) is 4.53. The Morgan fingerprint density at radius 3 is 3.04 bits per heavy atom. The molecule has 1 aliphatic carbocycles. The minimum absolute atomic E-state index is 0.507. The van der Waals surface area contributed by atoms with Crippen molar-refractivity contribution in [2.45, 2.75) is 32.1 Å². The number of benzene rings is 1. The van der Waals surface area contributed by atoms with Crippen molar-refractivity contribution < 1.29 is 0 Å². The highest BCUT2D eigenvalue weighted by atomic mass is 15.3. The summed E-state index contributed by atoms with van der Waals surface area (Å²) in [5.74, 6) is 1.10. The summed E-state index contributed by atoms with van der Waals surface area (Å²) in [5.41, 5.74) is 2.92. The van der Waals surface area contributed by atoms with E-state index in [1.54, 1.807) is 18.3 Å². The van der Waals surface area contributed by atoms with Gasteiger partial charge in [0.25, 0.3) is 0 Å². The largest absolute Gasteiger partial charge is 0.353 e. The van der Waals surface area contributed by atoms with Crippen molar-refractivity contribution in [3.63, 3.8) is 0 Å². The molecule has 3 rings (SSSR count). The van der Waals surface area contributed by atoms with E-state index in [1.165, 1.54) is 31.3 Å². The van der Waals surface area contributed by atoms with Gasteiger partial charge in [-0.1, -0.05) is 17.7 Å². The first-order chi connectivity index (χ1) is 11.8. The van der Waals surface area contributed by atoms with Gasteiger partial charge in [-0.15, -0.1) is 5.10 Å².